The highest BCUT2D eigenvalue weighted by Gasteiger charge is 2.70. The van der Waals surface area contributed by atoms with E-state index < -0.39 is 5.60 Å². The number of ether oxygens (including phenoxy) is 1. The zero-order valence-electron chi connectivity index (χ0n) is 13.9. The van der Waals surface area contributed by atoms with Gasteiger partial charge >= 0.3 is 6.09 Å². The topological polar surface area (TPSA) is 49.8 Å². The lowest BCUT2D eigenvalue weighted by Crippen LogP contribution is -2.48. The quantitative estimate of drug-likeness (QED) is 0.897. The van der Waals surface area contributed by atoms with Crippen LogP contribution in [0, 0.1) is 5.41 Å². The summed E-state index contributed by atoms with van der Waals surface area (Å²) in [6.07, 6.45) is 1.45. The van der Waals surface area contributed by atoms with Gasteiger partial charge in [0.1, 0.15) is 5.60 Å². The van der Waals surface area contributed by atoms with Gasteiger partial charge < -0.3 is 14.7 Å². The van der Waals surface area contributed by atoms with Crippen LogP contribution in [0.1, 0.15) is 39.2 Å². The second-order valence-corrected chi connectivity index (χ2v) is 8.29. The van der Waals surface area contributed by atoms with Crippen LogP contribution in [0.2, 0.25) is 5.02 Å². The first-order valence-corrected chi connectivity index (χ1v) is 8.44. The van der Waals surface area contributed by atoms with Gasteiger partial charge in [0.15, 0.2) is 0 Å². The number of nitrogens with zero attached hydrogens (tertiary/aromatic N) is 1. The number of aliphatic hydroxyl groups is 1. The van der Waals surface area contributed by atoms with Crippen molar-refractivity contribution in [3.63, 3.8) is 0 Å². The maximum atomic E-state index is 12.3. The van der Waals surface area contributed by atoms with E-state index in [-0.39, 0.29) is 23.5 Å². The minimum absolute atomic E-state index is 0.0369. The van der Waals surface area contributed by atoms with Gasteiger partial charge in [-0.05, 0) is 51.3 Å². The fraction of sp³-hybridized carbons (Fsp3) is 0.611. The molecule has 0 unspecified atom stereocenters. The molecule has 1 aromatic carbocycles. The summed E-state index contributed by atoms with van der Waals surface area (Å²) in [5.74, 6) is 0. The van der Waals surface area contributed by atoms with Crippen molar-refractivity contribution in [2.75, 3.05) is 19.7 Å². The standard InChI is InChI=1S/C18H24ClNO3/c1-16(2,3)23-15(22)20-9-8-18(10-17(18,11-20)12-21)13-4-6-14(19)7-5-13/h4-7,21H,8-12H2,1-3H3/t17-,18-/m0/s1. The van der Waals surface area contributed by atoms with Gasteiger partial charge in [0.2, 0.25) is 0 Å². The highest BCUT2D eigenvalue weighted by molar-refractivity contribution is 6.30. The van der Waals surface area contributed by atoms with Crippen molar-refractivity contribution in [1.29, 1.82) is 0 Å². The van der Waals surface area contributed by atoms with Crippen LogP contribution in [0.5, 0.6) is 0 Å². The number of fused-ring (bicyclic) bond motifs is 1. The number of amides is 1. The maximum Gasteiger partial charge on any atom is 0.410 e. The van der Waals surface area contributed by atoms with E-state index in [1.807, 2.05) is 45.0 Å². The molecule has 0 radical (unpaired) electrons. The van der Waals surface area contributed by atoms with Crippen LogP contribution in [-0.4, -0.2) is 41.4 Å². The Hall–Kier alpha value is -1.26. The van der Waals surface area contributed by atoms with Crippen LogP contribution in [0.4, 0.5) is 4.79 Å². The van der Waals surface area contributed by atoms with Gasteiger partial charge in [0.05, 0.1) is 6.61 Å². The second kappa shape index (κ2) is 5.38. The maximum absolute atomic E-state index is 12.3. The minimum Gasteiger partial charge on any atom is -0.444 e. The minimum atomic E-state index is -0.502. The van der Waals surface area contributed by atoms with Crippen LogP contribution in [-0.2, 0) is 10.2 Å². The van der Waals surface area contributed by atoms with Gasteiger partial charge in [-0.1, -0.05) is 23.7 Å². The van der Waals surface area contributed by atoms with Gasteiger partial charge in [0, 0.05) is 28.9 Å². The molecule has 5 heteroatoms. The molecular weight excluding hydrogens is 314 g/mol. The van der Waals surface area contributed by atoms with Crippen LogP contribution in [0.25, 0.3) is 0 Å². The number of aliphatic hydroxyl groups excluding tert-OH is 1. The predicted octanol–water partition coefficient (Wildman–Crippen LogP) is 3.60. The summed E-state index contributed by atoms with van der Waals surface area (Å²) in [5, 5.41) is 10.7. The van der Waals surface area contributed by atoms with Crippen molar-refractivity contribution >= 4 is 17.7 Å². The van der Waals surface area contributed by atoms with Crippen LogP contribution >= 0.6 is 11.6 Å². The Kier molecular flexibility index (Phi) is 3.88. The molecule has 4 nitrogen and oxygen atoms in total. The highest BCUT2D eigenvalue weighted by atomic mass is 35.5. The SMILES string of the molecule is CC(C)(C)OC(=O)N1CC[C@@]2(c3ccc(Cl)cc3)C[C@@]2(CO)C1. The summed E-state index contributed by atoms with van der Waals surface area (Å²) in [5.41, 5.74) is 0.415. The predicted molar refractivity (Wildman–Crippen MR) is 89.7 cm³/mol. The van der Waals surface area contributed by atoms with Gasteiger partial charge in [0.25, 0.3) is 0 Å². The van der Waals surface area contributed by atoms with E-state index in [0.717, 1.165) is 12.8 Å². The van der Waals surface area contributed by atoms with E-state index in [0.29, 0.717) is 18.1 Å². The van der Waals surface area contributed by atoms with E-state index in [1.165, 1.54) is 5.56 Å². The number of likely N-dealkylation sites (tertiary alicyclic amines) is 1. The summed E-state index contributed by atoms with van der Waals surface area (Å²) in [6, 6.07) is 7.88. The van der Waals surface area contributed by atoms with Crippen molar-refractivity contribution in [2.24, 2.45) is 5.41 Å². The molecule has 0 bridgehead atoms. The molecular formula is C18H24ClNO3. The molecule has 3 rings (SSSR count). The van der Waals surface area contributed by atoms with E-state index in [2.05, 4.69) is 0 Å². The molecule has 1 aliphatic heterocycles. The Morgan fingerprint density at radius 3 is 2.57 bits per heavy atom. The molecule has 1 saturated carbocycles. The molecule has 1 aliphatic carbocycles. The number of benzene rings is 1. The molecule has 0 spiro atoms. The van der Waals surface area contributed by atoms with Gasteiger partial charge in [-0.25, -0.2) is 4.79 Å². The smallest absolute Gasteiger partial charge is 0.410 e. The van der Waals surface area contributed by atoms with Crippen molar-refractivity contribution in [2.45, 2.75) is 44.6 Å². The number of carbonyl (C=O) groups is 1. The Morgan fingerprint density at radius 2 is 2.00 bits per heavy atom. The van der Waals surface area contributed by atoms with E-state index in [1.54, 1.807) is 4.90 Å². The first-order valence-electron chi connectivity index (χ1n) is 8.06. The number of hydrogen-bond donors (Lipinski definition) is 1. The molecule has 2 fully saturated rings. The van der Waals surface area contributed by atoms with Crippen molar-refractivity contribution in [3.8, 4) is 0 Å². The van der Waals surface area contributed by atoms with Crippen molar-refractivity contribution < 1.29 is 14.6 Å². The number of halogens is 1. The lowest BCUT2D eigenvalue weighted by Gasteiger charge is -2.38. The average molecular weight is 338 g/mol. The van der Waals surface area contributed by atoms with Gasteiger partial charge in [-0.15, -0.1) is 0 Å². The second-order valence-electron chi connectivity index (χ2n) is 7.86. The third kappa shape index (κ3) is 2.83. The summed E-state index contributed by atoms with van der Waals surface area (Å²) in [7, 11) is 0. The Bertz CT molecular complexity index is 610. The number of carbonyl (C=O) groups excluding carboxylic acids is 1. The molecule has 2 aliphatic rings. The Labute approximate surface area is 142 Å². The molecule has 23 heavy (non-hydrogen) atoms. The first-order chi connectivity index (χ1) is 10.7. The van der Waals surface area contributed by atoms with E-state index in [9.17, 15) is 9.90 Å². The van der Waals surface area contributed by atoms with Gasteiger partial charge in [-0.3, -0.25) is 0 Å². The normalized spacial score (nSPS) is 29.9. The number of piperidine rings is 1. The number of hydrogen-bond acceptors (Lipinski definition) is 3. The summed E-state index contributed by atoms with van der Waals surface area (Å²) in [6.45, 7) is 6.87. The van der Waals surface area contributed by atoms with E-state index >= 15 is 0 Å². The lowest BCUT2D eigenvalue weighted by molar-refractivity contribution is 0.00891. The monoisotopic (exact) mass is 337 g/mol. The van der Waals surface area contributed by atoms with E-state index in [4.69, 9.17) is 16.3 Å². The third-order valence-electron chi connectivity index (χ3n) is 5.18. The van der Waals surface area contributed by atoms with Crippen molar-refractivity contribution in [1.82, 2.24) is 4.90 Å². The molecule has 1 amide bonds. The van der Waals surface area contributed by atoms with Crippen LogP contribution < -0.4 is 0 Å². The van der Waals surface area contributed by atoms with Crippen LogP contribution in [0.15, 0.2) is 24.3 Å². The molecule has 2 atom stereocenters. The van der Waals surface area contributed by atoms with Gasteiger partial charge in [-0.2, -0.15) is 0 Å². The largest absolute Gasteiger partial charge is 0.444 e. The zero-order chi connectivity index (χ0) is 16.9. The first kappa shape index (κ1) is 16.6. The molecule has 1 heterocycles. The zero-order valence-corrected chi connectivity index (χ0v) is 14.7. The summed E-state index contributed by atoms with van der Waals surface area (Å²) < 4.78 is 5.48. The average Bonchev–Trinajstić information content (AvgIpc) is 3.16. The summed E-state index contributed by atoms with van der Waals surface area (Å²) in [4.78, 5) is 14.1. The molecule has 1 N–H and O–H groups in total. The molecule has 126 valence electrons. The molecule has 0 aromatic heterocycles. The van der Waals surface area contributed by atoms with Crippen molar-refractivity contribution in [3.05, 3.63) is 34.9 Å². The van der Waals surface area contributed by atoms with Crippen LogP contribution in [0.3, 0.4) is 0 Å². The third-order valence-corrected chi connectivity index (χ3v) is 5.44. The Balaban J connectivity index is 1.78. The lowest BCUT2D eigenvalue weighted by atomic mass is 9.81. The fourth-order valence-corrected chi connectivity index (χ4v) is 4.05. The number of rotatable bonds is 2. The Morgan fingerprint density at radius 1 is 1.35 bits per heavy atom. The molecule has 1 aromatic rings. The fourth-order valence-electron chi connectivity index (χ4n) is 3.93. The summed E-state index contributed by atoms with van der Waals surface area (Å²) >= 11 is 5.99. The highest BCUT2D eigenvalue weighted by Crippen LogP contribution is 2.68. The molecule has 1 saturated heterocycles.